The average Bonchev–Trinajstić information content (AvgIpc) is 2.62. The van der Waals surface area contributed by atoms with Crippen LogP contribution in [-0.4, -0.2) is 30.1 Å². The quantitative estimate of drug-likeness (QED) is 0.613. The van der Waals surface area contributed by atoms with Gasteiger partial charge in [-0.3, -0.25) is 14.2 Å². The van der Waals surface area contributed by atoms with E-state index in [4.69, 9.17) is 9.15 Å². The largest absolute Gasteiger partial charge is 0.349 e. The molecule has 0 aliphatic carbocycles. The summed E-state index contributed by atoms with van der Waals surface area (Å²) in [6.07, 6.45) is 0.656. The van der Waals surface area contributed by atoms with Crippen LogP contribution in [-0.2, 0) is 13.7 Å². The molecule has 0 saturated carbocycles. The number of benzene rings is 1. The number of hydroxylamine groups is 2. The van der Waals surface area contributed by atoms with Crippen molar-refractivity contribution in [2.45, 2.75) is 13.3 Å². The maximum absolute atomic E-state index is 12.0. The Kier molecular flexibility index (Phi) is 3.85. The molecule has 2 rings (SSSR count). The molecule has 1 atom stereocenters. The Morgan fingerprint density at radius 1 is 1.16 bits per heavy atom. The van der Waals surface area contributed by atoms with Gasteiger partial charge in [0.05, 0.1) is 17.7 Å². The van der Waals surface area contributed by atoms with Crippen molar-refractivity contribution in [3.8, 4) is 0 Å². The second-order valence-electron chi connectivity index (χ2n) is 4.14. The van der Waals surface area contributed by atoms with Gasteiger partial charge < -0.3 is 4.52 Å². The Labute approximate surface area is 110 Å². The van der Waals surface area contributed by atoms with Crippen LogP contribution < -0.4 is 0 Å². The molecule has 6 nitrogen and oxygen atoms in total. The summed E-state index contributed by atoms with van der Waals surface area (Å²) in [5.41, 5.74) is 0.478. The maximum Gasteiger partial charge on any atom is 0.349 e. The van der Waals surface area contributed by atoms with Crippen molar-refractivity contribution in [3.05, 3.63) is 35.4 Å². The molecule has 1 aromatic rings. The van der Waals surface area contributed by atoms with Gasteiger partial charge in [0, 0.05) is 6.66 Å². The molecule has 1 aliphatic heterocycles. The van der Waals surface area contributed by atoms with Gasteiger partial charge in [-0.2, -0.15) is 4.62 Å². The summed E-state index contributed by atoms with van der Waals surface area (Å²) in [6, 6.07) is 6.33. The Hall–Kier alpha value is -1.49. The Morgan fingerprint density at radius 3 is 2.16 bits per heavy atom. The van der Waals surface area contributed by atoms with Crippen molar-refractivity contribution in [3.63, 3.8) is 0 Å². The van der Waals surface area contributed by atoms with Crippen molar-refractivity contribution in [2.24, 2.45) is 0 Å². The predicted molar refractivity (Wildman–Crippen MR) is 67.8 cm³/mol. The van der Waals surface area contributed by atoms with E-state index >= 15 is 0 Å². The van der Waals surface area contributed by atoms with E-state index in [-0.39, 0.29) is 17.7 Å². The molecule has 102 valence electrons. The summed E-state index contributed by atoms with van der Waals surface area (Å²) in [5.74, 6) is -1.24. The first kappa shape index (κ1) is 13.9. The van der Waals surface area contributed by atoms with Crippen LogP contribution in [0.5, 0.6) is 0 Å². The van der Waals surface area contributed by atoms with E-state index in [1.54, 1.807) is 12.1 Å². The normalized spacial score (nSPS) is 17.5. The zero-order valence-electron chi connectivity index (χ0n) is 10.7. The predicted octanol–water partition coefficient (Wildman–Crippen LogP) is 2.46. The summed E-state index contributed by atoms with van der Waals surface area (Å²) < 4.78 is 22.0. The highest BCUT2D eigenvalue weighted by Crippen LogP contribution is 2.46. The smallest absolute Gasteiger partial charge is 0.308 e. The molecule has 0 bridgehead atoms. The number of nitrogens with zero attached hydrogens (tertiary/aromatic N) is 1. The van der Waals surface area contributed by atoms with E-state index in [0.29, 0.717) is 11.5 Å². The zero-order chi connectivity index (χ0) is 14.0. The van der Waals surface area contributed by atoms with E-state index in [1.165, 1.54) is 18.8 Å². The molecule has 0 fully saturated rings. The van der Waals surface area contributed by atoms with E-state index < -0.39 is 19.4 Å². The van der Waals surface area contributed by atoms with Gasteiger partial charge in [0.1, 0.15) is 0 Å². The zero-order valence-corrected chi connectivity index (χ0v) is 11.6. The fourth-order valence-electron chi connectivity index (χ4n) is 1.67. The third kappa shape index (κ3) is 2.76. The highest BCUT2D eigenvalue weighted by Gasteiger charge is 2.40. The summed E-state index contributed by atoms with van der Waals surface area (Å²) in [7, 11) is -3.48. The summed E-state index contributed by atoms with van der Waals surface area (Å²) in [5, 5.41) is 0.515. The second kappa shape index (κ2) is 5.25. The third-order valence-corrected chi connectivity index (χ3v) is 3.63. The van der Waals surface area contributed by atoms with E-state index in [0.717, 1.165) is 0 Å². The van der Waals surface area contributed by atoms with Gasteiger partial charge in [0.2, 0.25) is 0 Å². The Bertz CT molecular complexity index is 536. The maximum atomic E-state index is 12.0. The molecule has 0 radical (unpaired) electrons. The lowest BCUT2D eigenvalue weighted by atomic mass is 10.1. The van der Waals surface area contributed by atoms with Crippen molar-refractivity contribution in [1.29, 1.82) is 0 Å². The van der Waals surface area contributed by atoms with Gasteiger partial charge in [-0.05, 0) is 18.6 Å². The molecule has 0 N–H and O–H groups in total. The van der Waals surface area contributed by atoms with Crippen molar-refractivity contribution >= 4 is 19.4 Å². The minimum Gasteiger partial charge on any atom is -0.308 e. The Morgan fingerprint density at radius 2 is 1.68 bits per heavy atom. The molecular formula is C12H14NO5P. The van der Waals surface area contributed by atoms with Crippen LogP contribution >= 0.6 is 7.60 Å². The number of fused-ring (bicyclic) bond motifs is 1. The van der Waals surface area contributed by atoms with E-state index in [2.05, 4.69) is 0 Å². The highest BCUT2D eigenvalue weighted by atomic mass is 31.2. The molecule has 7 heteroatoms. The minimum atomic E-state index is -3.48. The average molecular weight is 283 g/mol. The van der Waals surface area contributed by atoms with Gasteiger partial charge in [-0.25, -0.2) is 0 Å². The van der Waals surface area contributed by atoms with E-state index in [9.17, 15) is 14.2 Å². The standard InChI is InChI=1S/C12H14NO5P/c1-3-8-17-19(2,16)18-13-11(14)9-6-4-5-7-10(9)12(13)15/h4-7H,3,8H2,1-2H3. The fraction of sp³-hybridized carbons (Fsp3) is 0.333. The number of carbonyl (C=O) groups excluding carboxylic acids is 2. The minimum absolute atomic E-state index is 0.233. The highest BCUT2D eigenvalue weighted by molar-refractivity contribution is 7.52. The van der Waals surface area contributed by atoms with Gasteiger partial charge in [0.25, 0.3) is 11.8 Å². The molecule has 1 aliphatic rings. The van der Waals surface area contributed by atoms with Gasteiger partial charge in [0.15, 0.2) is 0 Å². The number of imide groups is 1. The van der Waals surface area contributed by atoms with Crippen LogP contribution in [0.2, 0.25) is 0 Å². The van der Waals surface area contributed by atoms with Gasteiger partial charge >= 0.3 is 7.60 Å². The number of carbonyl (C=O) groups is 2. The van der Waals surface area contributed by atoms with Crippen LogP contribution in [0.25, 0.3) is 0 Å². The van der Waals surface area contributed by atoms with Crippen LogP contribution in [0, 0.1) is 0 Å². The molecule has 2 amide bonds. The molecule has 0 saturated heterocycles. The number of hydrogen-bond donors (Lipinski definition) is 0. The monoisotopic (exact) mass is 283 g/mol. The van der Waals surface area contributed by atoms with Crippen molar-refractivity contribution in [1.82, 2.24) is 5.06 Å². The van der Waals surface area contributed by atoms with E-state index in [1.807, 2.05) is 6.92 Å². The second-order valence-corrected chi connectivity index (χ2v) is 6.10. The third-order valence-electron chi connectivity index (χ3n) is 2.52. The van der Waals surface area contributed by atoms with Gasteiger partial charge in [-0.15, -0.1) is 5.06 Å². The van der Waals surface area contributed by atoms with Gasteiger partial charge in [-0.1, -0.05) is 19.1 Å². The van der Waals surface area contributed by atoms with Crippen LogP contribution in [0.15, 0.2) is 24.3 Å². The Balaban J connectivity index is 2.19. The number of hydrogen-bond acceptors (Lipinski definition) is 5. The van der Waals surface area contributed by atoms with Crippen molar-refractivity contribution in [2.75, 3.05) is 13.3 Å². The molecular weight excluding hydrogens is 269 g/mol. The lowest BCUT2D eigenvalue weighted by molar-refractivity contribution is -0.0231. The molecule has 0 aromatic heterocycles. The first-order valence-corrected chi connectivity index (χ1v) is 7.85. The van der Waals surface area contributed by atoms with Crippen molar-refractivity contribution < 1.29 is 23.3 Å². The van der Waals surface area contributed by atoms with Crippen LogP contribution in [0.4, 0.5) is 0 Å². The summed E-state index contributed by atoms with van der Waals surface area (Å²) in [4.78, 5) is 23.9. The topological polar surface area (TPSA) is 72.9 Å². The molecule has 1 unspecified atom stereocenters. The lowest BCUT2D eigenvalue weighted by Crippen LogP contribution is -2.29. The summed E-state index contributed by atoms with van der Waals surface area (Å²) >= 11 is 0. The first-order valence-electron chi connectivity index (χ1n) is 5.86. The molecule has 1 aromatic carbocycles. The first-order chi connectivity index (χ1) is 8.96. The fourth-order valence-corrected chi connectivity index (χ4v) is 2.68. The van der Waals surface area contributed by atoms with Crippen LogP contribution in [0.1, 0.15) is 34.1 Å². The SMILES string of the molecule is CCCOP(C)(=O)ON1C(=O)c2ccccc2C1=O. The lowest BCUT2D eigenvalue weighted by Gasteiger charge is -2.18. The summed E-state index contributed by atoms with van der Waals surface area (Å²) in [6.45, 7) is 3.31. The number of amides is 2. The molecule has 1 heterocycles. The van der Waals surface area contributed by atoms with Crippen LogP contribution in [0.3, 0.4) is 0 Å². The number of rotatable bonds is 5. The molecule has 19 heavy (non-hydrogen) atoms. The molecule has 0 spiro atoms.